The molecule has 7 heteroatoms. The van der Waals surface area contributed by atoms with E-state index in [4.69, 9.17) is 0 Å². The van der Waals surface area contributed by atoms with Gasteiger partial charge in [-0.15, -0.1) is 11.3 Å². The lowest BCUT2D eigenvalue weighted by Crippen LogP contribution is -2.51. The summed E-state index contributed by atoms with van der Waals surface area (Å²) in [5.74, 6) is -0.543. The first kappa shape index (κ1) is 16.9. The molecule has 4 unspecified atom stereocenters. The zero-order chi connectivity index (χ0) is 16.3. The van der Waals surface area contributed by atoms with Crippen molar-refractivity contribution in [2.45, 2.75) is 57.7 Å². The van der Waals surface area contributed by atoms with Gasteiger partial charge in [0.25, 0.3) is 0 Å². The van der Waals surface area contributed by atoms with E-state index in [1.165, 1.54) is 18.3 Å². The average Bonchev–Trinajstić information content (AvgIpc) is 3.06. The maximum Gasteiger partial charge on any atom is 0.320 e. The molecule has 0 radical (unpaired) electrons. The lowest BCUT2D eigenvalue weighted by molar-refractivity contribution is -0.139. The Morgan fingerprint density at radius 2 is 2.27 bits per heavy atom. The molecule has 1 aromatic heterocycles. The molecule has 1 aromatic rings. The molecule has 0 bridgehead atoms. The number of hydrogen-bond donors (Lipinski definition) is 3. The maximum absolute atomic E-state index is 11.5. The molecule has 0 saturated carbocycles. The number of nitrogens with zero attached hydrogens (tertiary/aromatic N) is 1. The Bertz CT molecular complexity index is 518. The van der Waals surface area contributed by atoms with E-state index in [1.807, 2.05) is 5.38 Å². The van der Waals surface area contributed by atoms with E-state index < -0.39 is 12.0 Å². The minimum atomic E-state index is -0.853. The number of hydrogen-bond acceptors (Lipinski definition) is 5. The summed E-state index contributed by atoms with van der Waals surface area (Å²) >= 11 is 1.50. The van der Waals surface area contributed by atoms with Crippen molar-refractivity contribution >= 4 is 23.2 Å². The van der Waals surface area contributed by atoms with Crippen molar-refractivity contribution in [3.8, 4) is 0 Å². The molecule has 122 valence electrons. The van der Waals surface area contributed by atoms with Gasteiger partial charge in [0, 0.05) is 30.3 Å². The SMILES string of the molecule is CC(=O)NC(CC(C)C)C1NC(C(=O)O)CC1c1cscn1. The van der Waals surface area contributed by atoms with Crippen molar-refractivity contribution in [3.63, 3.8) is 0 Å². The van der Waals surface area contributed by atoms with E-state index in [0.717, 1.165) is 12.1 Å². The fourth-order valence-electron chi connectivity index (χ4n) is 3.16. The highest BCUT2D eigenvalue weighted by molar-refractivity contribution is 7.07. The minimum absolute atomic E-state index is 0.00273. The van der Waals surface area contributed by atoms with Gasteiger partial charge in [0.2, 0.25) is 5.91 Å². The van der Waals surface area contributed by atoms with Crippen molar-refractivity contribution in [3.05, 3.63) is 16.6 Å². The normalized spacial score (nSPS) is 26.1. The van der Waals surface area contributed by atoms with Crippen LogP contribution in [0.2, 0.25) is 0 Å². The third-order valence-corrected chi connectivity index (χ3v) is 4.60. The summed E-state index contributed by atoms with van der Waals surface area (Å²) in [7, 11) is 0. The smallest absolute Gasteiger partial charge is 0.320 e. The van der Waals surface area contributed by atoms with Gasteiger partial charge in [0.05, 0.1) is 11.2 Å². The Kier molecular flexibility index (Phi) is 5.52. The number of amides is 1. The van der Waals surface area contributed by atoms with Crippen LogP contribution in [0.1, 0.15) is 45.2 Å². The van der Waals surface area contributed by atoms with Crippen LogP contribution in [0.4, 0.5) is 0 Å². The molecular weight excluding hydrogens is 302 g/mol. The fraction of sp³-hybridized carbons (Fsp3) is 0.667. The molecule has 0 spiro atoms. The van der Waals surface area contributed by atoms with Crippen molar-refractivity contribution in [1.82, 2.24) is 15.6 Å². The molecular formula is C15H23N3O3S. The van der Waals surface area contributed by atoms with E-state index >= 15 is 0 Å². The summed E-state index contributed by atoms with van der Waals surface area (Å²) in [6.07, 6.45) is 1.29. The molecule has 6 nitrogen and oxygen atoms in total. The summed E-state index contributed by atoms with van der Waals surface area (Å²) in [4.78, 5) is 27.2. The van der Waals surface area contributed by atoms with Crippen LogP contribution < -0.4 is 10.6 Å². The monoisotopic (exact) mass is 325 g/mol. The molecule has 2 heterocycles. The summed E-state index contributed by atoms with van der Waals surface area (Å²) < 4.78 is 0. The van der Waals surface area contributed by atoms with Crippen LogP contribution in [0.5, 0.6) is 0 Å². The van der Waals surface area contributed by atoms with Crippen LogP contribution in [-0.4, -0.2) is 40.1 Å². The second-order valence-electron chi connectivity index (χ2n) is 6.28. The summed E-state index contributed by atoms with van der Waals surface area (Å²) in [6.45, 7) is 5.68. The number of rotatable bonds is 6. The van der Waals surface area contributed by atoms with Gasteiger partial charge >= 0.3 is 5.97 Å². The van der Waals surface area contributed by atoms with Crippen LogP contribution in [-0.2, 0) is 9.59 Å². The Hall–Kier alpha value is -1.47. The molecule has 3 N–H and O–H groups in total. The van der Waals surface area contributed by atoms with Crippen LogP contribution in [0.25, 0.3) is 0 Å². The summed E-state index contributed by atoms with van der Waals surface area (Å²) in [6, 6.07) is -0.817. The highest BCUT2D eigenvalue weighted by Gasteiger charge is 2.43. The van der Waals surface area contributed by atoms with Gasteiger partial charge in [-0.25, -0.2) is 4.98 Å². The number of carboxylic acid groups (broad SMARTS) is 1. The van der Waals surface area contributed by atoms with Crippen LogP contribution in [0, 0.1) is 5.92 Å². The Balaban J connectivity index is 2.25. The number of nitrogens with one attached hydrogen (secondary N) is 2. The highest BCUT2D eigenvalue weighted by atomic mass is 32.1. The lowest BCUT2D eigenvalue weighted by Gasteiger charge is -2.30. The van der Waals surface area contributed by atoms with Gasteiger partial charge in [0.1, 0.15) is 6.04 Å². The highest BCUT2D eigenvalue weighted by Crippen LogP contribution is 2.34. The van der Waals surface area contributed by atoms with Gasteiger partial charge in [-0.05, 0) is 18.8 Å². The van der Waals surface area contributed by atoms with Gasteiger partial charge in [-0.2, -0.15) is 0 Å². The quantitative estimate of drug-likeness (QED) is 0.739. The van der Waals surface area contributed by atoms with Gasteiger partial charge < -0.3 is 10.4 Å². The zero-order valence-corrected chi connectivity index (χ0v) is 13.9. The number of carboxylic acids is 1. The topological polar surface area (TPSA) is 91.3 Å². The Morgan fingerprint density at radius 1 is 1.55 bits per heavy atom. The fourth-order valence-corrected chi connectivity index (χ4v) is 3.78. The molecule has 1 fully saturated rings. The molecule has 0 aromatic carbocycles. The van der Waals surface area contributed by atoms with E-state index in [-0.39, 0.29) is 23.9 Å². The predicted molar refractivity (Wildman–Crippen MR) is 84.9 cm³/mol. The molecule has 1 aliphatic heterocycles. The van der Waals surface area contributed by atoms with E-state index in [1.54, 1.807) is 5.51 Å². The second-order valence-corrected chi connectivity index (χ2v) is 6.99. The van der Waals surface area contributed by atoms with Gasteiger partial charge in [-0.3, -0.25) is 14.9 Å². The van der Waals surface area contributed by atoms with Gasteiger partial charge in [-0.1, -0.05) is 13.8 Å². The first-order valence-corrected chi connectivity index (χ1v) is 8.46. The maximum atomic E-state index is 11.5. The van der Waals surface area contributed by atoms with E-state index in [2.05, 4.69) is 29.5 Å². The number of aromatic nitrogens is 1. The van der Waals surface area contributed by atoms with Crippen molar-refractivity contribution in [2.24, 2.45) is 5.92 Å². The largest absolute Gasteiger partial charge is 0.480 e. The molecule has 1 aliphatic rings. The second kappa shape index (κ2) is 7.19. The molecule has 0 aliphatic carbocycles. The average molecular weight is 325 g/mol. The number of aliphatic carboxylic acids is 1. The number of carbonyl (C=O) groups excluding carboxylic acids is 1. The molecule has 22 heavy (non-hydrogen) atoms. The molecule has 1 saturated heterocycles. The first-order valence-electron chi connectivity index (χ1n) is 7.52. The van der Waals surface area contributed by atoms with Crippen LogP contribution in [0.15, 0.2) is 10.9 Å². The number of thiazole rings is 1. The van der Waals surface area contributed by atoms with Crippen LogP contribution >= 0.6 is 11.3 Å². The van der Waals surface area contributed by atoms with Crippen molar-refractivity contribution in [2.75, 3.05) is 0 Å². The van der Waals surface area contributed by atoms with E-state index in [0.29, 0.717) is 12.3 Å². The lowest BCUT2D eigenvalue weighted by atomic mass is 9.87. The number of carbonyl (C=O) groups is 2. The molecule has 1 amide bonds. The third-order valence-electron chi connectivity index (χ3n) is 3.99. The van der Waals surface area contributed by atoms with Gasteiger partial charge in [0.15, 0.2) is 0 Å². The zero-order valence-electron chi connectivity index (χ0n) is 13.1. The van der Waals surface area contributed by atoms with E-state index in [9.17, 15) is 14.7 Å². The van der Waals surface area contributed by atoms with Crippen LogP contribution in [0.3, 0.4) is 0 Å². The van der Waals surface area contributed by atoms with Crippen molar-refractivity contribution < 1.29 is 14.7 Å². The molecule has 2 rings (SSSR count). The Labute approximate surface area is 134 Å². The Morgan fingerprint density at radius 3 is 2.77 bits per heavy atom. The third kappa shape index (κ3) is 4.04. The summed E-state index contributed by atoms with van der Waals surface area (Å²) in [5.41, 5.74) is 2.67. The molecule has 4 atom stereocenters. The summed E-state index contributed by atoms with van der Waals surface area (Å²) in [5, 5.41) is 17.5. The minimum Gasteiger partial charge on any atom is -0.480 e. The predicted octanol–water partition coefficient (Wildman–Crippen LogP) is 1.59. The standard InChI is InChI=1S/C15H23N3O3S/c1-8(2)4-11(17-9(3)19)14-10(13-6-22-7-16-13)5-12(18-14)15(20)21/h6-8,10-12,14,18H,4-5H2,1-3H3,(H,17,19)(H,20,21). The first-order chi connectivity index (χ1) is 10.4. The van der Waals surface area contributed by atoms with Crippen molar-refractivity contribution in [1.29, 1.82) is 0 Å².